The van der Waals surface area contributed by atoms with Crippen molar-refractivity contribution in [3.8, 4) is 0 Å². The van der Waals surface area contributed by atoms with Gasteiger partial charge in [0, 0.05) is 19.8 Å². The molecule has 0 aromatic carbocycles. The number of rotatable bonds is 12. The second-order valence-electron chi connectivity index (χ2n) is 7.78. The van der Waals surface area contributed by atoms with Crippen LogP contribution >= 0.6 is 0 Å². The van der Waals surface area contributed by atoms with Gasteiger partial charge in [-0.15, -0.1) is 0 Å². The number of esters is 1. The first-order valence-electron chi connectivity index (χ1n) is 10.1. The highest BCUT2D eigenvalue weighted by Gasteiger charge is 2.30. The average molecular weight is 327 g/mol. The summed E-state index contributed by atoms with van der Waals surface area (Å²) in [6.45, 7) is 7.42. The van der Waals surface area contributed by atoms with Crippen molar-refractivity contribution in [2.75, 3.05) is 26.7 Å². The van der Waals surface area contributed by atoms with Crippen LogP contribution in [0, 0.1) is 0 Å². The van der Waals surface area contributed by atoms with Crippen molar-refractivity contribution in [3.63, 3.8) is 0 Å². The average Bonchev–Trinajstić information content (AvgIpc) is 2.51. The third-order valence-electron chi connectivity index (χ3n) is 5.37. The molecule has 0 unspecified atom stereocenters. The molecule has 0 aromatic heterocycles. The van der Waals surface area contributed by atoms with Gasteiger partial charge in [-0.3, -0.25) is 4.79 Å². The summed E-state index contributed by atoms with van der Waals surface area (Å²) < 4.78 is 6.52. The molecule has 0 spiro atoms. The van der Waals surface area contributed by atoms with E-state index in [-0.39, 0.29) is 12.1 Å². The Morgan fingerprint density at radius 1 is 0.913 bits per heavy atom. The van der Waals surface area contributed by atoms with Gasteiger partial charge in [-0.05, 0) is 12.8 Å². The maximum absolute atomic E-state index is 11.0. The molecule has 0 N–H and O–H groups in total. The van der Waals surface area contributed by atoms with Gasteiger partial charge in [0.2, 0.25) is 0 Å². The van der Waals surface area contributed by atoms with Gasteiger partial charge in [-0.1, -0.05) is 58.3 Å². The van der Waals surface area contributed by atoms with Crippen molar-refractivity contribution < 1.29 is 14.0 Å². The minimum Gasteiger partial charge on any atom is -0.462 e. The van der Waals surface area contributed by atoms with E-state index in [1.807, 2.05) is 0 Å². The first-order chi connectivity index (χ1) is 11.1. The van der Waals surface area contributed by atoms with Crippen LogP contribution in [-0.4, -0.2) is 43.2 Å². The Labute approximate surface area is 144 Å². The molecule has 0 bridgehead atoms. The number of hydrogen-bond donors (Lipinski definition) is 0. The van der Waals surface area contributed by atoms with Gasteiger partial charge >= 0.3 is 5.97 Å². The number of likely N-dealkylation sites (tertiary alicyclic amines) is 1. The fraction of sp³-hybridized carbons (Fsp3) is 0.950. The van der Waals surface area contributed by atoms with Gasteiger partial charge in [0.15, 0.2) is 0 Å². The summed E-state index contributed by atoms with van der Waals surface area (Å²) in [5.74, 6) is -0.124. The minimum atomic E-state index is -0.124. The number of nitrogens with zero attached hydrogens (tertiary/aromatic N) is 1. The van der Waals surface area contributed by atoms with E-state index in [1.54, 1.807) is 0 Å². The van der Waals surface area contributed by atoms with E-state index >= 15 is 0 Å². The monoisotopic (exact) mass is 326 g/mol. The SMILES string of the molecule is CCCCCCCCCCCC[N+]1(C)CCC(OC(C)=O)CC1. The lowest BCUT2D eigenvalue weighted by Crippen LogP contribution is -2.51. The summed E-state index contributed by atoms with van der Waals surface area (Å²) in [7, 11) is 2.37. The van der Waals surface area contributed by atoms with Crippen LogP contribution in [0.2, 0.25) is 0 Å². The number of carbonyl (C=O) groups excluding carboxylic acids is 1. The van der Waals surface area contributed by atoms with Crippen LogP contribution in [0.1, 0.15) is 90.9 Å². The second kappa shape index (κ2) is 11.9. The number of ether oxygens (including phenoxy) is 1. The van der Waals surface area contributed by atoms with Crippen LogP contribution in [0.15, 0.2) is 0 Å². The lowest BCUT2D eigenvalue weighted by atomic mass is 10.0. The molecule has 3 heteroatoms. The highest BCUT2D eigenvalue weighted by atomic mass is 16.5. The standard InChI is InChI=1S/C20H40NO2/c1-4-5-6-7-8-9-10-11-12-13-16-21(3)17-14-20(15-18-21)23-19(2)22/h20H,4-18H2,1-3H3/q+1. The molecule has 0 radical (unpaired) electrons. The molecule has 3 nitrogen and oxygen atoms in total. The number of piperidine rings is 1. The highest BCUT2D eigenvalue weighted by Crippen LogP contribution is 2.21. The predicted octanol–water partition coefficient (Wildman–Crippen LogP) is 5.08. The van der Waals surface area contributed by atoms with Crippen molar-refractivity contribution in [1.29, 1.82) is 0 Å². The molecule has 23 heavy (non-hydrogen) atoms. The third-order valence-corrected chi connectivity index (χ3v) is 5.37. The smallest absolute Gasteiger partial charge is 0.302 e. The second-order valence-corrected chi connectivity index (χ2v) is 7.78. The molecule has 1 fully saturated rings. The van der Waals surface area contributed by atoms with Crippen molar-refractivity contribution >= 4 is 5.97 Å². The molecule has 1 aliphatic rings. The summed E-state index contributed by atoms with van der Waals surface area (Å²) in [6.07, 6.45) is 16.3. The molecule has 1 heterocycles. The zero-order chi connectivity index (χ0) is 17.0. The number of unbranched alkanes of at least 4 members (excludes halogenated alkanes) is 9. The first-order valence-corrected chi connectivity index (χ1v) is 10.1. The molecule has 136 valence electrons. The maximum atomic E-state index is 11.0. The molecule has 0 atom stereocenters. The van der Waals surface area contributed by atoms with E-state index in [0.717, 1.165) is 25.9 Å². The Kier molecular flexibility index (Phi) is 10.6. The third kappa shape index (κ3) is 10.0. The normalized spacial score (nSPS) is 24.6. The Hall–Kier alpha value is -0.570. The van der Waals surface area contributed by atoms with Crippen molar-refractivity contribution in [2.24, 2.45) is 0 Å². The molecule has 1 aliphatic heterocycles. The molecule has 0 amide bonds. The minimum absolute atomic E-state index is 0.124. The highest BCUT2D eigenvalue weighted by molar-refractivity contribution is 5.66. The molecule has 0 aromatic rings. The van der Waals surface area contributed by atoms with Crippen molar-refractivity contribution in [2.45, 2.75) is 97.0 Å². The quantitative estimate of drug-likeness (QED) is 0.284. The van der Waals surface area contributed by atoms with E-state index in [1.165, 1.54) is 82.2 Å². The number of quaternary nitrogens is 1. The number of hydrogen-bond acceptors (Lipinski definition) is 2. The zero-order valence-corrected chi connectivity index (χ0v) is 15.9. The van der Waals surface area contributed by atoms with Gasteiger partial charge < -0.3 is 9.22 Å². The van der Waals surface area contributed by atoms with Crippen LogP contribution in [0.25, 0.3) is 0 Å². The maximum Gasteiger partial charge on any atom is 0.302 e. The molecule has 1 saturated heterocycles. The fourth-order valence-electron chi connectivity index (χ4n) is 3.72. The van der Waals surface area contributed by atoms with Gasteiger partial charge in [0.25, 0.3) is 0 Å². The van der Waals surface area contributed by atoms with Crippen LogP contribution in [0.3, 0.4) is 0 Å². The van der Waals surface area contributed by atoms with Gasteiger partial charge in [0.05, 0.1) is 26.7 Å². The Balaban J connectivity index is 1.96. The lowest BCUT2D eigenvalue weighted by molar-refractivity contribution is -0.915. The van der Waals surface area contributed by atoms with Gasteiger partial charge in [-0.2, -0.15) is 0 Å². The topological polar surface area (TPSA) is 26.3 Å². The molecular formula is C20H40NO2+. The molecular weight excluding hydrogens is 286 g/mol. The van der Waals surface area contributed by atoms with E-state index in [2.05, 4.69) is 14.0 Å². The van der Waals surface area contributed by atoms with Gasteiger partial charge in [-0.25, -0.2) is 0 Å². The van der Waals surface area contributed by atoms with E-state index in [9.17, 15) is 4.79 Å². The fourth-order valence-corrected chi connectivity index (χ4v) is 3.72. The predicted molar refractivity (Wildman–Crippen MR) is 97.4 cm³/mol. The van der Waals surface area contributed by atoms with Crippen LogP contribution in [0.4, 0.5) is 0 Å². The summed E-state index contributed by atoms with van der Waals surface area (Å²) in [5, 5.41) is 0. The van der Waals surface area contributed by atoms with Crippen molar-refractivity contribution in [3.05, 3.63) is 0 Å². The molecule has 1 rings (SSSR count). The van der Waals surface area contributed by atoms with Crippen LogP contribution < -0.4 is 0 Å². The lowest BCUT2D eigenvalue weighted by Gasteiger charge is -2.40. The molecule has 0 aliphatic carbocycles. The van der Waals surface area contributed by atoms with Crippen LogP contribution in [-0.2, 0) is 9.53 Å². The summed E-state index contributed by atoms with van der Waals surface area (Å²) >= 11 is 0. The van der Waals surface area contributed by atoms with E-state index < -0.39 is 0 Å². The Morgan fingerprint density at radius 3 is 1.87 bits per heavy atom. The number of carbonyl (C=O) groups is 1. The Bertz CT molecular complexity index is 309. The Morgan fingerprint density at radius 2 is 1.39 bits per heavy atom. The van der Waals surface area contributed by atoms with Gasteiger partial charge in [0.1, 0.15) is 6.10 Å². The first kappa shape index (κ1) is 20.5. The summed E-state index contributed by atoms with van der Waals surface area (Å²) in [4.78, 5) is 11.0. The largest absolute Gasteiger partial charge is 0.462 e. The van der Waals surface area contributed by atoms with Crippen molar-refractivity contribution in [1.82, 2.24) is 0 Å². The van der Waals surface area contributed by atoms with Crippen LogP contribution in [0.5, 0.6) is 0 Å². The van der Waals surface area contributed by atoms with E-state index in [4.69, 9.17) is 4.74 Å². The summed E-state index contributed by atoms with van der Waals surface area (Å²) in [5.41, 5.74) is 0. The molecule has 0 saturated carbocycles. The summed E-state index contributed by atoms with van der Waals surface area (Å²) in [6, 6.07) is 0. The zero-order valence-electron chi connectivity index (χ0n) is 15.9. The van der Waals surface area contributed by atoms with E-state index in [0.29, 0.717) is 0 Å².